The summed E-state index contributed by atoms with van der Waals surface area (Å²) in [7, 11) is 1.86. The van der Waals surface area contributed by atoms with Gasteiger partial charge in [-0.1, -0.05) is 0 Å². The summed E-state index contributed by atoms with van der Waals surface area (Å²) in [6, 6.07) is 1.89. The molecule has 0 spiro atoms. The predicted molar refractivity (Wildman–Crippen MR) is 72.1 cm³/mol. The van der Waals surface area contributed by atoms with Gasteiger partial charge < -0.3 is 15.1 Å². The highest BCUT2D eigenvalue weighted by molar-refractivity contribution is 5.47. The molecule has 2 aromatic heterocycles. The first-order valence-corrected chi connectivity index (χ1v) is 6.46. The predicted octanol–water partition coefficient (Wildman–Crippen LogP) is 2.30. The molecule has 0 unspecified atom stereocenters. The molecule has 0 radical (unpaired) electrons. The van der Waals surface area contributed by atoms with Gasteiger partial charge in [0.15, 0.2) is 0 Å². The zero-order valence-corrected chi connectivity index (χ0v) is 11.1. The molecule has 6 heteroatoms. The van der Waals surface area contributed by atoms with E-state index in [1.165, 1.54) is 12.8 Å². The minimum absolute atomic E-state index is 0.526. The maximum Gasteiger partial charge on any atom is 0.213 e. The van der Waals surface area contributed by atoms with Crippen LogP contribution in [-0.2, 0) is 6.54 Å². The summed E-state index contributed by atoms with van der Waals surface area (Å²) >= 11 is 0. The van der Waals surface area contributed by atoms with E-state index in [-0.39, 0.29) is 0 Å². The van der Waals surface area contributed by atoms with Gasteiger partial charge in [0.25, 0.3) is 0 Å². The van der Waals surface area contributed by atoms with Crippen LogP contribution in [0.5, 0.6) is 0 Å². The fourth-order valence-corrected chi connectivity index (χ4v) is 1.86. The van der Waals surface area contributed by atoms with E-state index in [0.717, 1.165) is 23.2 Å². The van der Waals surface area contributed by atoms with E-state index in [4.69, 9.17) is 4.42 Å². The molecule has 6 nitrogen and oxygen atoms in total. The molecule has 2 heterocycles. The van der Waals surface area contributed by atoms with Crippen LogP contribution in [0.1, 0.15) is 36.2 Å². The second-order valence-corrected chi connectivity index (χ2v) is 4.74. The summed E-state index contributed by atoms with van der Waals surface area (Å²) in [5, 5.41) is 6.29. The molecular weight excluding hydrogens is 242 g/mol. The highest BCUT2D eigenvalue weighted by atomic mass is 16.4. The van der Waals surface area contributed by atoms with Crippen molar-refractivity contribution in [2.45, 2.75) is 32.2 Å². The second-order valence-electron chi connectivity index (χ2n) is 4.74. The lowest BCUT2D eigenvalue weighted by Gasteiger charge is -2.08. The molecule has 2 N–H and O–H groups in total. The molecule has 1 fully saturated rings. The van der Waals surface area contributed by atoms with Crippen molar-refractivity contribution in [2.75, 3.05) is 17.7 Å². The molecular formula is C13H17N5O. The number of anilines is 2. The summed E-state index contributed by atoms with van der Waals surface area (Å²) in [5.74, 6) is 4.56. The average Bonchev–Trinajstić information content (AvgIpc) is 3.19. The van der Waals surface area contributed by atoms with E-state index in [9.17, 15) is 0 Å². The van der Waals surface area contributed by atoms with E-state index in [2.05, 4.69) is 25.6 Å². The Labute approximate surface area is 111 Å². The number of nitrogens with one attached hydrogen (secondary N) is 2. The van der Waals surface area contributed by atoms with Crippen molar-refractivity contribution < 1.29 is 4.42 Å². The Morgan fingerprint density at radius 3 is 2.74 bits per heavy atom. The highest BCUT2D eigenvalue weighted by Crippen LogP contribution is 2.38. The summed E-state index contributed by atoms with van der Waals surface area (Å²) in [6.45, 7) is 2.41. The summed E-state index contributed by atoms with van der Waals surface area (Å²) in [4.78, 5) is 13.2. The number of nitrogens with zero attached hydrogens (tertiary/aromatic N) is 3. The molecule has 0 amide bonds. The first-order chi connectivity index (χ1) is 9.24. The number of hydrogen-bond donors (Lipinski definition) is 2. The molecule has 1 aliphatic carbocycles. The molecule has 0 atom stereocenters. The second kappa shape index (κ2) is 4.87. The zero-order chi connectivity index (χ0) is 13.2. The lowest BCUT2D eigenvalue weighted by Crippen LogP contribution is -2.06. The standard InChI is InChI=1S/C13H17N5O/c1-8-6-16-12(19-8)7-15-11-5-10(14-2)17-13(18-11)9-3-4-9/h5-6,9H,3-4,7H2,1-2H3,(H2,14,15,17,18). The smallest absolute Gasteiger partial charge is 0.213 e. The zero-order valence-electron chi connectivity index (χ0n) is 11.1. The van der Waals surface area contributed by atoms with Crippen molar-refractivity contribution in [1.82, 2.24) is 15.0 Å². The average molecular weight is 259 g/mol. The van der Waals surface area contributed by atoms with Crippen LogP contribution in [0.3, 0.4) is 0 Å². The Hall–Kier alpha value is -2.11. The van der Waals surface area contributed by atoms with Crippen molar-refractivity contribution in [3.05, 3.63) is 29.7 Å². The van der Waals surface area contributed by atoms with Crippen molar-refractivity contribution in [1.29, 1.82) is 0 Å². The number of oxazole rings is 1. The molecule has 0 bridgehead atoms. The number of aryl methyl sites for hydroxylation is 1. The molecule has 3 rings (SSSR count). The minimum Gasteiger partial charge on any atom is -0.444 e. The normalized spacial score (nSPS) is 14.4. The molecule has 1 saturated carbocycles. The minimum atomic E-state index is 0.526. The topological polar surface area (TPSA) is 75.9 Å². The lowest BCUT2D eigenvalue weighted by molar-refractivity contribution is 0.478. The van der Waals surface area contributed by atoms with E-state index < -0.39 is 0 Å². The fourth-order valence-electron chi connectivity index (χ4n) is 1.86. The fraction of sp³-hybridized carbons (Fsp3) is 0.462. The Bertz CT molecular complexity index is 576. The third kappa shape index (κ3) is 2.83. The highest BCUT2D eigenvalue weighted by Gasteiger charge is 2.27. The lowest BCUT2D eigenvalue weighted by atomic mass is 10.3. The van der Waals surface area contributed by atoms with Gasteiger partial charge in [0.1, 0.15) is 23.2 Å². The quantitative estimate of drug-likeness (QED) is 0.858. The van der Waals surface area contributed by atoms with Gasteiger partial charge in [0, 0.05) is 19.0 Å². The van der Waals surface area contributed by atoms with Gasteiger partial charge in [-0.3, -0.25) is 0 Å². The van der Waals surface area contributed by atoms with Gasteiger partial charge in [0.05, 0.1) is 12.7 Å². The monoisotopic (exact) mass is 259 g/mol. The van der Waals surface area contributed by atoms with Crippen LogP contribution in [0.15, 0.2) is 16.7 Å². The largest absolute Gasteiger partial charge is 0.444 e. The van der Waals surface area contributed by atoms with Crippen LogP contribution in [0.2, 0.25) is 0 Å². The first kappa shape index (κ1) is 12.0. The Balaban J connectivity index is 1.74. The van der Waals surface area contributed by atoms with Crippen molar-refractivity contribution >= 4 is 11.6 Å². The van der Waals surface area contributed by atoms with E-state index in [0.29, 0.717) is 18.4 Å². The Morgan fingerprint density at radius 1 is 1.32 bits per heavy atom. The number of aromatic nitrogens is 3. The maximum absolute atomic E-state index is 5.42. The molecule has 100 valence electrons. The number of hydrogen-bond acceptors (Lipinski definition) is 6. The number of rotatable bonds is 5. The van der Waals surface area contributed by atoms with Crippen molar-refractivity contribution in [2.24, 2.45) is 0 Å². The van der Waals surface area contributed by atoms with Gasteiger partial charge in [0.2, 0.25) is 5.89 Å². The first-order valence-electron chi connectivity index (χ1n) is 6.46. The molecule has 2 aromatic rings. The molecule has 1 aliphatic rings. The van der Waals surface area contributed by atoms with E-state index in [1.54, 1.807) is 6.20 Å². The van der Waals surface area contributed by atoms with Gasteiger partial charge in [-0.15, -0.1) is 0 Å². The van der Waals surface area contributed by atoms with Gasteiger partial charge in [-0.05, 0) is 19.8 Å². The van der Waals surface area contributed by atoms with E-state index in [1.807, 2.05) is 20.0 Å². The van der Waals surface area contributed by atoms with Gasteiger partial charge >= 0.3 is 0 Å². The van der Waals surface area contributed by atoms with Crippen LogP contribution >= 0.6 is 0 Å². The molecule has 0 aliphatic heterocycles. The summed E-state index contributed by atoms with van der Waals surface area (Å²) in [6.07, 6.45) is 4.09. The van der Waals surface area contributed by atoms with Crippen molar-refractivity contribution in [3.63, 3.8) is 0 Å². The van der Waals surface area contributed by atoms with Crippen molar-refractivity contribution in [3.8, 4) is 0 Å². The van der Waals surface area contributed by atoms with Crippen LogP contribution < -0.4 is 10.6 Å². The van der Waals surface area contributed by atoms with Gasteiger partial charge in [-0.25, -0.2) is 15.0 Å². The van der Waals surface area contributed by atoms with Crippen LogP contribution in [-0.4, -0.2) is 22.0 Å². The van der Waals surface area contributed by atoms with Gasteiger partial charge in [-0.2, -0.15) is 0 Å². The van der Waals surface area contributed by atoms with Crippen LogP contribution in [0, 0.1) is 6.92 Å². The van der Waals surface area contributed by atoms with E-state index >= 15 is 0 Å². The van der Waals surface area contributed by atoms with Crippen LogP contribution in [0.25, 0.3) is 0 Å². The summed E-state index contributed by atoms with van der Waals surface area (Å²) in [5.41, 5.74) is 0. The SMILES string of the molecule is CNc1cc(NCc2ncc(C)o2)nc(C2CC2)n1. The molecule has 0 saturated heterocycles. The third-order valence-corrected chi connectivity index (χ3v) is 3.03. The molecule has 19 heavy (non-hydrogen) atoms. The van der Waals surface area contributed by atoms with Crippen LogP contribution in [0.4, 0.5) is 11.6 Å². The Kier molecular flexibility index (Phi) is 3.06. The maximum atomic E-state index is 5.42. The summed E-state index contributed by atoms with van der Waals surface area (Å²) < 4.78 is 5.42. The third-order valence-electron chi connectivity index (χ3n) is 3.03. The Morgan fingerprint density at radius 2 is 2.11 bits per heavy atom. The molecule has 0 aromatic carbocycles.